The fraction of sp³-hybridized carbons (Fsp3) is 0.696. The van der Waals surface area contributed by atoms with E-state index in [1.807, 2.05) is 24.3 Å². The number of piperidine rings is 1. The maximum absolute atomic E-state index is 12.7. The number of anilines is 2. The van der Waals surface area contributed by atoms with Crippen molar-refractivity contribution in [1.82, 2.24) is 9.62 Å². The molecule has 2 saturated heterocycles. The van der Waals surface area contributed by atoms with Gasteiger partial charge in [0.05, 0.1) is 23.0 Å². The zero-order chi connectivity index (χ0) is 23.7. The fourth-order valence-electron chi connectivity index (χ4n) is 4.10. The first-order valence-electron chi connectivity index (χ1n) is 11.5. The summed E-state index contributed by atoms with van der Waals surface area (Å²) in [5.74, 6) is 0. The van der Waals surface area contributed by atoms with Crippen LogP contribution >= 0.6 is 0 Å². The van der Waals surface area contributed by atoms with Gasteiger partial charge in [-0.1, -0.05) is 0 Å². The SMILES string of the molecule is CC1CN(c2ccc(NC(=O)N3CCC(NS(=O)(=O)C(C)(C)C)CC3)cc2)C(C)C(C)O1. The molecule has 2 aliphatic heterocycles. The first-order chi connectivity index (χ1) is 14.9. The van der Waals surface area contributed by atoms with E-state index in [0.29, 0.717) is 25.9 Å². The van der Waals surface area contributed by atoms with Gasteiger partial charge in [0.1, 0.15) is 0 Å². The third kappa shape index (κ3) is 5.74. The number of rotatable bonds is 4. The summed E-state index contributed by atoms with van der Waals surface area (Å²) in [6.45, 7) is 13.3. The Morgan fingerprint density at radius 1 is 1.06 bits per heavy atom. The molecule has 0 aromatic heterocycles. The van der Waals surface area contributed by atoms with Crippen LogP contribution in [0.2, 0.25) is 0 Å². The van der Waals surface area contributed by atoms with Crippen molar-refractivity contribution < 1.29 is 17.9 Å². The Labute approximate surface area is 192 Å². The number of hydrogen-bond acceptors (Lipinski definition) is 5. The highest BCUT2D eigenvalue weighted by Crippen LogP contribution is 2.27. The molecule has 2 heterocycles. The van der Waals surface area contributed by atoms with Crippen LogP contribution in [0.1, 0.15) is 54.4 Å². The maximum atomic E-state index is 12.7. The van der Waals surface area contributed by atoms with Gasteiger partial charge in [-0.25, -0.2) is 17.9 Å². The Morgan fingerprint density at radius 2 is 1.66 bits per heavy atom. The minimum Gasteiger partial charge on any atom is -0.372 e. The normalized spacial score (nSPS) is 25.6. The van der Waals surface area contributed by atoms with Crippen molar-refractivity contribution in [2.24, 2.45) is 0 Å². The molecule has 8 nitrogen and oxygen atoms in total. The van der Waals surface area contributed by atoms with Crippen LogP contribution in [0.5, 0.6) is 0 Å². The number of hydrogen-bond donors (Lipinski definition) is 2. The Kier molecular flexibility index (Phi) is 7.41. The number of ether oxygens (including phenoxy) is 1. The summed E-state index contributed by atoms with van der Waals surface area (Å²) in [4.78, 5) is 16.8. The summed E-state index contributed by atoms with van der Waals surface area (Å²) in [6.07, 6.45) is 1.55. The van der Waals surface area contributed by atoms with Crippen molar-refractivity contribution in [3.63, 3.8) is 0 Å². The van der Waals surface area contributed by atoms with Crippen molar-refractivity contribution in [2.45, 2.75) is 83.4 Å². The number of urea groups is 1. The summed E-state index contributed by atoms with van der Waals surface area (Å²) in [5, 5.41) is 2.96. The average Bonchev–Trinajstić information content (AvgIpc) is 2.70. The number of likely N-dealkylation sites (tertiary alicyclic amines) is 1. The van der Waals surface area contributed by atoms with Crippen molar-refractivity contribution in [3.05, 3.63) is 24.3 Å². The first-order valence-corrected chi connectivity index (χ1v) is 13.0. The second-order valence-corrected chi connectivity index (χ2v) is 12.5. The lowest BCUT2D eigenvalue weighted by Gasteiger charge is -2.42. The number of sulfonamides is 1. The van der Waals surface area contributed by atoms with E-state index < -0.39 is 14.8 Å². The molecule has 0 aliphatic carbocycles. The molecule has 3 unspecified atom stereocenters. The van der Waals surface area contributed by atoms with E-state index in [1.165, 1.54) is 0 Å². The first kappa shape index (κ1) is 24.8. The van der Waals surface area contributed by atoms with Gasteiger partial charge in [0.2, 0.25) is 10.0 Å². The maximum Gasteiger partial charge on any atom is 0.321 e. The molecule has 32 heavy (non-hydrogen) atoms. The van der Waals surface area contributed by atoms with Crippen molar-refractivity contribution >= 4 is 27.4 Å². The number of carbonyl (C=O) groups excluding carboxylic acids is 1. The van der Waals surface area contributed by atoms with Crippen LogP contribution in [0, 0.1) is 0 Å². The lowest BCUT2D eigenvalue weighted by molar-refractivity contribution is -0.0257. The van der Waals surface area contributed by atoms with E-state index in [1.54, 1.807) is 25.7 Å². The van der Waals surface area contributed by atoms with Crippen molar-refractivity contribution in [3.8, 4) is 0 Å². The quantitative estimate of drug-likeness (QED) is 0.710. The molecule has 0 saturated carbocycles. The van der Waals surface area contributed by atoms with Gasteiger partial charge in [-0.2, -0.15) is 0 Å². The zero-order valence-corrected chi connectivity index (χ0v) is 20.9. The number of nitrogens with zero attached hydrogens (tertiary/aromatic N) is 2. The van der Waals surface area contributed by atoms with Gasteiger partial charge < -0.3 is 19.9 Å². The van der Waals surface area contributed by atoms with E-state index in [9.17, 15) is 13.2 Å². The molecular weight excluding hydrogens is 428 g/mol. The van der Waals surface area contributed by atoms with Crippen molar-refractivity contribution in [1.29, 1.82) is 0 Å². The van der Waals surface area contributed by atoms with Gasteiger partial charge in [0.25, 0.3) is 0 Å². The van der Waals surface area contributed by atoms with Gasteiger partial charge >= 0.3 is 6.03 Å². The lowest BCUT2D eigenvalue weighted by atomic mass is 10.1. The second-order valence-electron chi connectivity index (χ2n) is 10.0. The average molecular weight is 467 g/mol. The number of benzene rings is 1. The van der Waals surface area contributed by atoms with Gasteiger partial charge in [0.15, 0.2) is 0 Å². The number of carbonyl (C=O) groups is 1. The van der Waals surface area contributed by atoms with E-state index in [0.717, 1.165) is 17.9 Å². The summed E-state index contributed by atoms with van der Waals surface area (Å²) in [5.41, 5.74) is 1.86. The second kappa shape index (κ2) is 9.57. The van der Waals surface area contributed by atoms with Gasteiger partial charge in [-0.3, -0.25) is 0 Å². The van der Waals surface area contributed by atoms with Gasteiger partial charge in [0, 0.05) is 37.1 Å². The smallest absolute Gasteiger partial charge is 0.321 e. The van der Waals surface area contributed by atoms with E-state index in [-0.39, 0.29) is 30.3 Å². The topological polar surface area (TPSA) is 91.0 Å². The van der Waals surface area contributed by atoms with E-state index in [4.69, 9.17) is 4.74 Å². The van der Waals surface area contributed by atoms with Crippen LogP contribution in [-0.4, -0.2) is 68.0 Å². The van der Waals surface area contributed by atoms with Crippen molar-refractivity contribution in [2.75, 3.05) is 29.9 Å². The summed E-state index contributed by atoms with van der Waals surface area (Å²) < 4.78 is 32.6. The molecule has 3 rings (SSSR count). The lowest BCUT2D eigenvalue weighted by Crippen LogP contribution is -2.52. The molecule has 1 aromatic carbocycles. The zero-order valence-electron chi connectivity index (χ0n) is 20.1. The summed E-state index contributed by atoms with van der Waals surface area (Å²) in [7, 11) is -3.39. The molecule has 2 amide bonds. The predicted molar refractivity (Wildman–Crippen MR) is 129 cm³/mol. The Bertz CT molecular complexity index is 890. The van der Waals surface area contributed by atoms with Gasteiger partial charge in [-0.05, 0) is 78.6 Å². The van der Waals surface area contributed by atoms with E-state index >= 15 is 0 Å². The Hall–Kier alpha value is -1.84. The van der Waals surface area contributed by atoms with Crippen LogP contribution in [0.25, 0.3) is 0 Å². The molecular formula is C23H38N4O4S. The predicted octanol–water partition coefficient (Wildman–Crippen LogP) is 3.40. The molecule has 2 fully saturated rings. The molecule has 0 bridgehead atoms. The number of nitrogens with one attached hydrogen (secondary N) is 2. The molecule has 0 radical (unpaired) electrons. The highest BCUT2D eigenvalue weighted by Gasteiger charge is 2.33. The van der Waals surface area contributed by atoms with Gasteiger partial charge in [-0.15, -0.1) is 0 Å². The number of morpholine rings is 1. The largest absolute Gasteiger partial charge is 0.372 e. The van der Waals surface area contributed by atoms with E-state index in [2.05, 4.69) is 35.7 Å². The molecule has 9 heteroatoms. The van der Waals surface area contributed by atoms with Crippen LogP contribution in [0.4, 0.5) is 16.2 Å². The molecule has 2 N–H and O–H groups in total. The van der Waals surface area contributed by atoms with Crippen LogP contribution in [-0.2, 0) is 14.8 Å². The number of amides is 2. The minimum atomic E-state index is -3.39. The third-order valence-electron chi connectivity index (χ3n) is 6.43. The molecule has 0 spiro atoms. The minimum absolute atomic E-state index is 0.136. The molecule has 180 valence electrons. The highest BCUT2D eigenvalue weighted by molar-refractivity contribution is 7.90. The van der Waals surface area contributed by atoms with Crippen LogP contribution in [0.15, 0.2) is 24.3 Å². The standard InChI is InChI=1S/C23H38N4O4S/c1-16-15-27(17(2)18(3)31-16)21-9-7-19(8-10-21)24-22(28)26-13-11-20(12-14-26)25-32(29,30)23(4,5)6/h7-10,16-18,20,25H,11-15H2,1-6H3,(H,24,28). The fourth-order valence-corrected chi connectivity index (χ4v) is 5.12. The Balaban J connectivity index is 1.52. The third-order valence-corrected chi connectivity index (χ3v) is 8.69. The Morgan fingerprint density at radius 3 is 2.22 bits per heavy atom. The van der Waals surface area contributed by atoms with Crippen LogP contribution in [0.3, 0.4) is 0 Å². The molecule has 3 atom stereocenters. The molecule has 2 aliphatic rings. The monoisotopic (exact) mass is 466 g/mol. The summed E-state index contributed by atoms with van der Waals surface area (Å²) in [6, 6.07) is 7.90. The molecule has 1 aromatic rings. The summed E-state index contributed by atoms with van der Waals surface area (Å²) >= 11 is 0. The highest BCUT2D eigenvalue weighted by atomic mass is 32.2. The van der Waals surface area contributed by atoms with Crippen LogP contribution < -0.4 is 14.9 Å².